The van der Waals surface area contributed by atoms with E-state index in [0.29, 0.717) is 12.8 Å². The molecule has 110 valence electrons. The Morgan fingerprint density at radius 2 is 2.14 bits per heavy atom. The molecule has 3 atom stereocenters. The summed E-state index contributed by atoms with van der Waals surface area (Å²) in [5, 5.41) is 0.110. The van der Waals surface area contributed by atoms with Crippen molar-refractivity contribution in [2.24, 2.45) is 0 Å². The second-order valence-electron chi connectivity index (χ2n) is 5.74. The van der Waals surface area contributed by atoms with E-state index in [1.807, 2.05) is 0 Å². The predicted octanol–water partition coefficient (Wildman–Crippen LogP) is 2.95. The number of carbonyl (C=O) groups excluding carboxylic acids is 1. The number of fused-ring (bicyclic) bond motifs is 3. The summed E-state index contributed by atoms with van der Waals surface area (Å²) in [5.41, 5.74) is 0.225. The van der Waals surface area contributed by atoms with Crippen LogP contribution in [0.3, 0.4) is 0 Å². The number of aromatic amines is 1. The molecule has 1 aromatic heterocycles. The highest BCUT2D eigenvalue weighted by molar-refractivity contribution is 6.04. The number of H-pyrrole nitrogens is 1. The van der Waals surface area contributed by atoms with Crippen molar-refractivity contribution >= 4 is 16.9 Å². The number of benzene rings is 1. The molecular weight excluding hydrogens is 264 g/mol. The number of aromatic nitrogens is 1. The molecule has 0 saturated carbocycles. The maximum atomic E-state index is 12.7. The molecule has 1 aromatic carbocycles. The largest absolute Gasteiger partial charge is 0.459 e. The quantitative estimate of drug-likeness (QED) is 0.865. The molecule has 1 unspecified atom stereocenters. The van der Waals surface area contributed by atoms with Crippen LogP contribution in [-0.2, 0) is 4.74 Å². The van der Waals surface area contributed by atoms with Gasteiger partial charge in [-0.05, 0) is 25.9 Å². The highest BCUT2D eigenvalue weighted by Gasteiger charge is 2.40. The monoisotopic (exact) mass is 291 g/mol. The Balaban J connectivity index is 1.58. The van der Waals surface area contributed by atoms with Crippen molar-refractivity contribution < 1.29 is 19.1 Å². The van der Waals surface area contributed by atoms with Crippen LogP contribution in [0.2, 0.25) is 0 Å². The van der Waals surface area contributed by atoms with Crippen molar-refractivity contribution in [3.8, 4) is 0 Å². The number of rotatable bonds is 2. The average Bonchev–Trinajstić information content (AvgIpc) is 3.18. The fourth-order valence-electron chi connectivity index (χ4n) is 3.44. The summed E-state index contributed by atoms with van der Waals surface area (Å²) in [6.07, 6.45) is 3.34. The van der Waals surface area contributed by atoms with E-state index in [1.165, 1.54) is 6.20 Å². The lowest BCUT2D eigenvalue weighted by molar-refractivity contribution is -0.000258. The van der Waals surface area contributed by atoms with E-state index < -0.39 is 25.1 Å². The Morgan fingerprint density at radius 3 is 2.90 bits per heavy atom. The smallest absolute Gasteiger partial charge is 0.340 e. The number of piperidine rings is 1. The van der Waals surface area contributed by atoms with Crippen molar-refractivity contribution in [2.45, 2.75) is 43.9 Å². The number of esters is 1. The zero-order valence-corrected chi connectivity index (χ0v) is 11.4. The summed E-state index contributed by atoms with van der Waals surface area (Å²) in [6.45, 7) is -2.15. The molecule has 0 aliphatic carbocycles. The highest BCUT2D eigenvalue weighted by atomic mass is 16.5. The number of nitrogens with zero attached hydrogens (tertiary/aromatic N) is 1. The van der Waals surface area contributed by atoms with Gasteiger partial charge in [-0.25, -0.2) is 4.79 Å². The van der Waals surface area contributed by atoms with Crippen LogP contribution in [0.15, 0.2) is 30.4 Å². The number of hydrogen-bond donors (Lipinski definition) is 1. The van der Waals surface area contributed by atoms with Gasteiger partial charge >= 0.3 is 5.97 Å². The molecule has 1 N–H and O–H groups in total. The Labute approximate surface area is 133 Å². The summed E-state index contributed by atoms with van der Waals surface area (Å²) >= 11 is 0. The standard InChI is InChI=1S/C17H20N2O2/c1-19-11-6-7-12(19)9-13(8-11)21-17(20)15-10-18-16-5-3-2-4-14(15)16/h2-5,10-13,18H,6-9H2,1H3/t11-,12+,13?/i1D3,2D,3D,4D,5D. The number of hydrogen-bond acceptors (Lipinski definition) is 3. The minimum atomic E-state index is -2.15. The molecule has 2 aromatic rings. The van der Waals surface area contributed by atoms with E-state index in [0.717, 1.165) is 12.8 Å². The summed E-state index contributed by atoms with van der Waals surface area (Å²) in [6, 6.07) is -1.60. The van der Waals surface area contributed by atoms with Crippen LogP contribution in [0.1, 0.15) is 45.6 Å². The lowest BCUT2D eigenvalue weighted by atomic mass is 10.0. The Morgan fingerprint density at radius 1 is 1.38 bits per heavy atom. The molecule has 0 radical (unpaired) electrons. The first-order valence-electron chi connectivity index (χ1n) is 10.7. The lowest BCUT2D eigenvalue weighted by Crippen LogP contribution is -2.43. The van der Waals surface area contributed by atoms with E-state index in [2.05, 4.69) is 4.98 Å². The highest BCUT2D eigenvalue weighted by Crippen LogP contribution is 2.35. The van der Waals surface area contributed by atoms with Crippen LogP contribution >= 0.6 is 0 Å². The summed E-state index contributed by atoms with van der Waals surface area (Å²) < 4.78 is 60.3. The molecule has 3 heterocycles. The van der Waals surface area contributed by atoms with E-state index >= 15 is 0 Å². The number of para-hydroxylation sites is 1. The third-order valence-electron chi connectivity index (χ3n) is 4.50. The van der Waals surface area contributed by atoms with E-state index in [4.69, 9.17) is 14.3 Å². The van der Waals surface area contributed by atoms with Crippen molar-refractivity contribution in [2.75, 3.05) is 6.98 Å². The minimum absolute atomic E-state index is 0.0626. The van der Waals surface area contributed by atoms with Crippen molar-refractivity contribution in [1.82, 2.24) is 9.88 Å². The van der Waals surface area contributed by atoms with Gasteiger partial charge in [-0.1, -0.05) is 18.1 Å². The second kappa shape index (κ2) is 4.88. The zero-order valence-electron chi connectivity index (χ0n) is 18.4. The fraction of sp³-hybridized carbons (Fsp3) is 0.471. The molecule has 4 nitrogen and oxygen atoms in total. The molecule has 2 aliphatic rings. The van der Waals surface area contributed by atoms with Gasteiger partial charge in [-0.2, -0.15) is 0 Å². The lowest BCUT2D eigenvalue weighted by Gasteiger charge is -2.35. The third kappa shape index (κ3) is 2.14. The molecule has 21 heavy (non-hydrogen) atoms. The van der Waals surface area contributed by atoms with Gasteiger partial charge in [-0.15, -0.1) is 0 Å². The molecule has 2 fully saturated rings. The van der Waals surface area contributed by atoms with E-state index in [1.54, 1.807) is 4.90 Å². The Kier molecular flexibility index (Phi) is 1.73. The SMILES string of the molecule is [2H]c1c([2H])c([2H])c2c(C(=O)OC3C[C@H]4CC[C@@H](C3)N4C([2H])([2H])[2H])c[nH]c2c1[2H]. The molecule has 4 rings (SSSR count). The molecule has 4 heteroatoms. The van der Waals surface area contributed by atoms with Crippen molar-refractivity contribution in [1.29, 1.82) is 0 Å². The van der Waals surface area contributed by atoms with E-state index in [9.17, 15) is 4.79 Å². The fourth-order valence-corrected chi connectivity index (χ4v) is 3.44. The van der Waals surface area contributed by atoms with Crippen LogP contribution in [0, 0.1) is 0 Å². The maximum absolute atomic E-state index is 12.7. The molecular formula is C17H20N2O2. The first-order valence-corrected chi connectivity index (χ1v) is 7.16. The first kappa shape index (κ1) is 7.45. The van der Waals surface area contributed by atoms with Crippen LogP contribution < -0.4 is 0 Å². The first-order chi connectivity index (χ1) is 13.1. The Bertz CT molecular complexity index is 941. The van der Waals surface area contributed by atoms with Gasteiger partial charge < -0.3 is 14.6 Å². The summed E-state index contributed by atoms with van der Waals surface area (Å²) in [4.78, 5) is 17.0. The molecule has 2 aliphatic heterocycles. The van der Waals surface area contributed by atoms with Gasteiger partial charge in [0.2, 0.25) is 0 Å². The number of carbonyl (C=O) groups is 1. The normalized spacial score (nSPS) is 34.3. The predicted molar refractivity (Wildman–Crippen MR) is 81.3 cm³/mol. The molecule has 0 amide bonds. The minimum Gasteiger partial charge on any atom is -0.459 e. The summed E-state index contributed by atoms with van der Waals surface area (Å²) in [7, 11) is 0. The molecule has 2 bridgehead atoms. The molecule has 2 saturated heterocycles. The van der Waals surface area contributed by atoms with Crippen LogP contribution in [-0.4, -0.2) is 41.0 Å². The average molecular weight is 291 g/mol. The van der Waals surface area contributed by atoms with Gasteiger partial charge in [0.15, 0.2) is 0 Å². The van der Waals surface area contributed by atoms with Crippen LogP contribution in [0.25, 0.3) is 10.9 Å². The van der Waals surface area contributed by atoms with E-state index in [-0.39, 0.29) is 46.7 Å². The zero-order chi connectivity index (χ0) is 20.4. The number of nitrogens with one attached hydrogen (secondary N) is 1. The molecule has 0 spiro atoms. The summed E-state index contributed by atoms with van der Waals surface area (Å²) in [5.74, 6) is -0.664. The topological polar surface area (TPSA) is 45.3 Å². The van der Waals surface area contributed by atoms with Gasteiger partial charge in [0.25, 0.3) is 0 Å². The van der Waals surface area contributed by atoms with Crippen molar-refractivity contribution in [3.05, 3.63) is 35.9 Å². The van der Waals surface area contributed by atoms with Gasteiger partial charge in [-0.3, -0.25) is 0 Å². The Hall–Kier alpha value is -1.81. The second-order valence-corrected chi connectivity index (χ2v) is 5.74. The van der Waals surface area contributed by atoms with Crippen LogP contribution in [0.5, 0.6) is 0 Å². The van der Waals surface area contributed by atoms with Crippen LogP contribution in [0.4, 0.5) is 0 Å². The van der Waals surface area contributed by atoms with Gasteiger partial charge in [0, 0.05) is 46.1 Å². The van der Waals surface area contributed by atoms with Gasteiger partial charge in [0.1, 0.15) is 6.10 Å². The third-order valence-corrected chi connectivity index (χ3v) is 4.50. The van der Waals surface area contributed by atoms with Crippen molar-refractivity contribution in [3.63, 3.8) is 0 Å². The van der Waals surface area contributed by atoms with Gasteiger partial charge in [0.05, 0.1) is 11.0 Å². The maximum Gasteiger partial charge on any atom is 0.340 e. The number of ether oxygens (including phenoxy) is 1.